The van der Waals surface area contributed by atoms with Crippen molar-refractivity contribution >= 4 is 11.4 Å². The SMILES string of the molecule is CC(C)(Nc1ccc(C#N)cc1N)C1CC1. The van der Waals surface area contributed by atoms with E-state index in [1.807, 2.05) is 6.07 Å². The topological polar surface area (TPSA) is 61.8 Å². The van der Waals surface area contributed by atoms with Crippen molar-refractivity contribution in [3.05, 3.63) is 23.8 Å². The number of nitrogens with two attached hydrogens (primary N) is 1. The van der Waals surface area contributed by atoms with E-state index in [4.69, 9.17) is 11.0 Å². The van der Waals surface area contributed by atoms with Crippen LogP contribution < -0.4 is 11.1 Å². The zero-order valence-electron chi connectivity index (χ0n) is 9.75. The van der Waals surface area contributed by atoms with Crippen LogP contribution in [0.4, 0.5) is 11.4 Å². The predicted molar refractivity (Wildman–Crippen MR) is 66.0 cm³/mol. The van der Waals surface area contributed by atoms with Crippen LogP contribution in [0.25, 0.3) is 0 Å². The van der Waals surface area contributed by atoms with E-state index in [0.29, 0.717) is 11.3 Å². The molecule has 0 unspecified atom stereocenters. The molecule has 0 heterocycles. The predicted octanol–water partition coefficient (Wildman–Crippen LogP) is 2.74. The summed E-state index contributed by atoms with van der Waals surface area (Å²) in [5.41, 5.74) is 8.17. The number of nitrogens with zero attached hydrogens (tertiary/aromatic N) is 1. The van der Waals surface area contributed by atoms with E-state index in [0.717, 1.165) is 11.6 Å². The smallest absolute Gasteiger partial charge is 0.0992 e. The molecule has 3 N–H and O–H groups in total. The van der Waals surface area contributed by atoms with Gasteiger partial charge in [0.05, 0.1) is 23.0 Å². The molecule has 0 bridgehead atoms. The van der Waals surface area contributed by atoms with Crippen LogP contribution in [0.1, 0.15) is 32.3 Å². The highest BCUT2D eigenvalue weighted by atomic mass is 15.0. The number of rotatable bonds is 3. The van der Waals surface area contributed by atoms with Crippen LogP contribution in [0.5, 0.6) is 0 Å². The normalized spacial score (nSPS) is 15.6. The molecule has 0 atom stereocenters. The lowest BCUT2D eigenvalue weighted by Crippen LogP contribution is -2.33. The first-order chi connectivity index (χ1) is 7.53. The second-order valence-corrected chi connectivity index (χ2v) is 5.03. The summed E-state index contributed by atoms with van der Waals surface area (Å²) in [6.45, 7) is 4.39. The van der Waals surface area contributed by atoms with Gasteiger partial charge in [0.15, 0.2) is 0 Å². The molecule has 1 aliphatic rings. The first-order valence-electron chi connectivity index (χ1n) is 5.61. The Hall–Kier alpha value is -1.69. The first-order valence-corrected chi connectivity index (χ1v) is 5.61. The highest BCUT2D eigenvalue weighted by Gasteiger charge is 2.37. The Labute approximate surface area is 96.3 Å². The molecule has 1 aliphatic carbocycles. The average Bonchev–Trinajstić information content (AvgIpc) is 3.04. The standard InChI is InChI=1S/C13H17N3/c1-13(2,10-4-5-10)16-12-6-3-9(8-14)7-11(12)15/h3,6-7,10,16H,4-5,15H2,1-2H3. The molecule has 3 heteroatoms. The Morgan fingerprint density at radius 1 is 1.44 bits per heavy atom. The number of hydrogen-bond acceptors (Lipinski definition) is 3. The summed E-state index contributed by atoms with van der Waals surface area (Å²) >= 11 is 0. The molecule has 3 nitrogen and oxygen atoms in total. The van der Waals surface area contributed by atoms with E-state index >= 15 is 0 Å². The van der Waals surface area contributed by atoms with E-state index in [2.05, 4.69) is 25.2 Å². The average molecular weight is 215 g/mol. The third-order valence-corrected chi connectivity index (χ3v) is 3.24. The maximum atomic E-state index is 8.76. The fourth-order valence-electron chi connectivity index (χ4n) is 2.00. The fraction of sp³-hybridized carbons (Fsp3) is 0.462. The molecular weight excluding hydrogens is 198 g/mol. The van der Waals surface area contributed by atoms with Gasteiger partial charge in [-0.15, -0.1) is 0 Å². The number of benzene rings is 1. The van der Waals surface area contributed by atoms with Gasteiger partial charge < -0.3 is 11.1 Å². The van der Waals surface area contributed by atoms with Crippen molar-refractivity contribution in [1.29, 1.82) is 5.26 Å². The molecule has 84 valence electrons. The minimum Gasteiger partial charge on any atom is -0.397 e. The van der Waals surface area contributed by atoms with Crippen LogP contribution in [0, 0.1) is 17.2 Å². The molecule has 1 aromatic carbocycles. The van der Waals surface area contributed by atoms with E-state index in [1.165, 1.54) is 12.8 Å². The number of nitrogens with one attached hydrogen (secondary N) is 1. The quantitative estimate of drug-likeness (QED) is 0.762. The maximum Gasteiger partial charge on any atom is 0.0992 e. The molecule has 16 heavy (non-hydrogen) atoms. The summed E-state index contributed by atoms with van der Waals surface area (Å²) < 4.78 is 0. The molecule has 0 saturated heterocycles. The minimum atomic E-state index is 0.0856. The Kier molecular flexibility index (Phi) is 2.51. The van der Waals surface area contributed by atoms with Gasteiger partial charge in [-0.25, -0.2) is 0 Å². The van der Waals surface area contributed by atoms with Crippen LogP contribution in [0.15, 0.2) is 18.2 Å². The number of hydrogen-bond donors (Lipinski definition) is 2. The van der Waals surface area contributed by atoms with Crippen molar-refractivity contribution in [1.82, 2.24) is 0 Å². The lowest BCUT2D eigenvalue weighted by atomic mass is 9.98. The van der Waals surface area contributed by atoms with Crippen molar-refractivity contribution in [2.24, 2.45) is 5.92 Å². The summed E-state index contributed by atoms with van der Waals surface area (Å²) in [4.78, 5) is 0. The van der Waals surface area contributed by atoms with Gasteiger partial charge in [0.25, 0.3) is 0 Å². The number of nitriles is 1. The second kappa shape index (κ2) is 3.71. The molecule has 1 saturated carbocycles. The molecule has 0 aliphatic heterocycles. The Morgan fingerprint density at radius 2 is 2.12 bits per heavy atom. The van der Waals surface area contributed by atoms with Crippen molar-refractivity contribution < 1.29 is 0 Å². The summed E-state index contributed by atoms with van der Waals surface area (Å²) in [6, 6.07) is 7.48. The van der Waals surface area contributed by atoms with Crippen LogP contribution in [-0.4, -0.2) is 5.54 Å². The molecule has 0 radical (unpaired) electrons. The molecule has 0 spiro atoms. The third-order valence-electron chi connectivity index (χ3n) is 3.24. The summed E-state index contributed by atoms with van der Waals surface area (Å²) in [5.74, 6) is 0.738. The van der Waals surface area contributed by atoms with Crippen LogP contribution in [0.2, 0.25) is 0 Å². The molecule has 1 fully saturated rings. The first kappa shape index (κ1) is 10.8. The Balaban J connectivity index is 2.18. The van der Waals surface area contributed by atoms with E-state index in [1.54, 1.807) is 12.1 Å². The molecule has 0 aromatic heterocycles. The molecular formula is C13H17N3. The van der Waals surface area contributed by atoms with Gasteiger partial charge in [0, 0.05) is 5.54 Å². The summed E-state index contributed by atoms with van der Waals surface area (Å²) in [7, 11) is 0. The van der Waals surface area contributed by atoms with Crippen LogP contribution in [0.3, 0.4) is 0 Å². The van der Waals surface area contributed by atoms with E-state index in [-0.39, 0.29) is 5.54 Å². The number of nitrogen functional groups attached to an aromatic ring is 1. The lowest BCUT2D eigenvalue weighted by Gasteiger charge is -2.28. The molecule has 1 aromatic rings. The highest BCUT2D eigenvalue weighted by Crippen LogP contribution is 2.41. The van der Waals surface area contributed by atoms with Gasteiger partial charge >= 0.3 is 0 Å². The number of anilines is 2. The van der Waals surface area contributed by atoms with Crippen molar-refractivity contribution in [2.45, 2.75) is 32.2 Å². The minimum absolute atomic E-state index is 0.0856. The summed E-state index contributed by atoms with van der Waals surface area (Å²) in [5, 5.41) is 12.2. The van der Waals surface area contributed by atoms with E-state index < -0.39 is 0 Å². The summed E-state index contributed by atoms with van der Waals surface area (Å²) in [6.07, 6.45) is 2.58. The zero-order valence-corrected chi connectivity index (χ0v) is 9.75. The van der Waals surface area contributed by atoms with Gasteiger partial charge in [-0.2, -0.15) is 5.26 Å². The highest BCUT2D eigenvalue weighted by molar-refractivity contribution is 5.69. The van der Waals surface area contributed by atoms with Gasteiger partial charge in [0.1, 0.15) is 0 Å². The van der Waals surface area contributed by atoms with Gasteiger partial charge in [-0.3, -0.25) is 0 Å². The lowest BCUT2D eigenvalue weighted by molar-refractivity contribution is 0.495. The Morgan fingerprint density at radius 3 is 2.62 bits per heavy atom. The van der Waals surface area contributed by atoms with Crippen molar-refractivity contribution in [2.75, 3.05) is 11.1 Å². The fourth-order valence-corrected chi connectivity index (χ4v) is 2.00. The van der Waals surface area contributed by atoms with Crippen LogP contribution >= 0.6 is 0 Å². The third kappa shape index (κ3) is 2.11. The Bertz CT molecular complexity index is 439. The molecule has 0 amide bonds. The van der Waals surface area contributed by atoms with E-state index in [9.17, 15) is 0 Å². The monoisotopic (exact) mass is 215 g/mol. The van der Waals surface area contributed by atoms with Gasteiger partial charge in [-0.05, 0) is 50.8 Å². The molecule has 2 rings (SSSR count). The maximum absolute atomic E-state index is 8.76. The van der Waals surface area contributed by atoms with Crippen LogP contribution in [-0.2, 0) is 0 Å². The largest absolute Gasteiger partial charge is 0.397 e. The van der Waals surface area contributed by atoms with Gasteiger partial charge in [-0.1, -0.05) is 0 Å². The van der Waals surface area contributed by atoms with Crippen molar-refractivity contribution in [3.8, 4) is 6.07 Å². The zero-order chi connectivity index (χ0) is 11.8. The van der Waals surface area contributed by atoms with Crippen molar-refractivity contribution in [3.63, 3.8) is 0 Å². The van der Waals surface area contributed by atoms with Gasteiger partial charge in [0.2, 0.25) is 0 Å². The second-order valence-electron chi connectivity index (χ2n) is 5.03.